The van der Waals surface area contributed by atoms with E-state index >= 15 is 0 Å². The Labute approximate surface area is 113 Å². The molecular formula is C13H19FN2O2S. The molecule has 6 heteroatoms. The minimum absolute atomic E-state index is 0.102. The number of rotatable bonds is 4. The van der Waals surface area contributed by atoms with Crippen LogP contribution < -0.4 is 10.0 Å². The van der Waals surface area contributed by atoms with Gasteiger partial charge in [0.2, 0.25) is 10.0 Å². The van der Waals surface area contributed by atoms with Crippen molar-refractivity contribution in [2.75, 3.05) is 23.6 Å². The number of anilines is 1. The first-order valence-corrected chi connectivity index (χ1v) is 8.09. The lowest BCUT2D eigenvalue weighted by Crippen LogP contribution is -2.33. The number of sulfonamides is 1. The van der Waals surface area contributed by atoms with E-state index in [9.17, 15) is 12.8 Å². The molecule has 1 saturated heterocycles. The van der Waals surface area contributed by atoms with E-state index in [4.69, 9.17) is 0 Å². The molecular weight excluding hydrogens is 267 g/mol. The summed E-state index contributed by atoms with van der Waals surface area (Å²) in [6.07, 6.45) is 1.73. The molecule has 0 aromatic heterocycles. The lowest BCUT2D eigenvalue weighted by Gasteiger charge is -2.22. The second-order valence-corrected chi connectivity index (χ2v) is 6.80. The molecule has 1 heterocycles. The lowest BCUT2D eigenvalue weighted by atomic mass is 10.0. The molecule has 19 heavy (non-hydrogen) atoms. The van der Waals surface area contributed by atoms with E-state index in [1.54, 1.807) is 13.0 Å². The van der Waals surface area contributed by atoms with Crippen molar-refractivity contribution in [1.29, 1.82) is 0 Å². The molecule has 2 N–H and O–H groups in total. The van der Waals surface area contributed by atoms with Gasteiger partial charge in [0, 0.05) is 0 Å². The fourth-order valence-electron chi connectivity index (χ4n) is 2.27. The molecule has 0 unspecified atom stereocenters. The molecule has 0 spiro atoms. The third-order valence-electron chi connectivity index (χ3n) is 3.38. The number of benzene rings is 1. The normalized spacial score (nSPS) is 17.4. The van der Waals surface area contributed by atoms with Gasteiger partial charge >= 0.3 is 0 Å². The van der Waals surface area contributed by atoms with E-state index < -0.39 is 15.8 Å². The monoisotopic (exact) mass is 286 g/mol. The van der Waals surface area contributed by atoms with Gasteiger partial charge in [-0.15, -0.1) is 0 Å². The zero-order valence-corrected chi connectivity index (χ0v) is 11.8. The van der Waals surface area contributed by atoms with Gasteiger partial charge in [0.1, 0.15) is 5.82 Å². The Morgan fingerprint density at radius 1 is 1.37 bits per heavy atom. The predicted molar refractivity (Wildman–Crippen MR) is 74.1 cm³/mol. The summed E-state index contributed by atoms with van der Waals surface area (Å²) in [7, 11) is -3.42. The quantitative estimate of drug-likeness (QED) is 0.888. The highest BCUT2D eigenvalue weighted by molar-refractivity contribution is 7.92. The van der Waals surface area contributed by atoms with Crippen LogP contribution in [0.4, 0.5) is 10.1 Å². The van der Waals surface area contributed by atoms with Gasteiger partial charge < -0.3 is 5.32 Å². The van der Waals surface area contributed by atoms with E-state index in [1.807, 2.05) is 0 Å². The molecule has 1 aromatic rings. The van der Waals surface area contributed by atoms with E-state index in [1.165, 1.54) is 12.1 Å². The molecule has 1 aliphatic rings. The van der Waals surface area contributed by atoms with Crippen molar-refractivity contribution in [3.8, 4) is 0 Å². The molecule has 0 radical (unpaired) electrons. The van der Waals surface area contributed by atoms with Crippen LogP contribution in [0.2, 0.25) is 0 Å². The lowest BCUT2D eigenvalue weighted by molar-refractivity contribution is 0.402. The van der Waals surface area contributed by atoms with Crippen LogP contribution in [0.3, 0.4) is 0 Å². The van der Waals surface area contributed by atoms with Crippen LogP contribution >= 0.6 is 0 Å². The largest absolute Gasteiger partial charge is 0.317 e. The Kier molecular flexibility index (Phi) is 4.42. The molecule has 0 saturated carbocycles. The van der Waals surface area contributed by atoms with Gasteiger partial charge in [-0.2, -0.15) is 0 Å². The van der Waals surface area contributed by atoms with E-state index in [-0.39, 0.29) is 11.7 Å². The Hall–Kier alpha value is -1.14. The van der Waals surface area contributed by atoms with Crippen LogP contribution in [-0.4, -0.2) is 27.3 Å². The van der Waals surface area contributed by atoms with Gasteiger partial charge in [-0.25, -0.2) is 12.8 Å². The number of piperidine rings is 1. The van der Waals surface area contributed by atoms with Crippen LogP contribution in [0.1, 0.15) is 18.4 Å². The molecule has 1 fully saturated rings. The summed E-state index contributed by atoms with van der Waals surface area (Å²) in [6.45, 7) is 3.47. The summed E-state index contributed by atoms with van der Waals surface area (Å²) in [5.41, 5.74) is 1.05. The highest BCUT2D eigenvalue weighted by atomic mass is 32.2. The number of hydrogen-bond donors (Lipinski definition) is 2. The molecule has 4 nitrogen and oxygen atoms in total. The van der Waals surface area contributed by atoms with E-state index in [0.29, 0.717) is 5.69 Å². The Balaban J connectivity index is 2.05. The van der Waals surface area contributed by atoms with Crippen LogP contribution in [0.5, 0.6) is 0 Å². The van der Waals surface area contributed by atoms with Gasteiger partial charge in [0.25, 0.3) is 0 Å². The molecule has 0 bridgehead atoms. The van der Waals surface area contributed by atoms with Crippen molar-refractivity contribution in [2.24, 2.45) is 5.92 Å². The first kappa shape index (κ1) is 14.3. The maximum absolute atomic E-state index is 13.1. The summed E-state index contributed by atoms with van der Waals surface area (Å²) < 4.78 is 39.8. The van der Waals surface area contributed by atoms with Gasteiger partial charge in [-0.3, -0.25) is 4.72 Å². The number of aryl methyl sites for hydroxylation is 1. The zero-order chi connectivity index (χ0) is 13.9. The van der Waals surface area contributed by atoms with Crippen molar-refractivity contribution < 1.29 is 12.8 Å². The standard InChI is InChI=1S/C13H19FN2O2S/c1-10-2-3-12(14)8-13(10)16-19(17,18)9-11-4-6-15-7-5-11/h2-3,8,11,15-16H,4-7,9H2,1H3. The smallest absolute Gasteiger partial charge is 0.233 e. The Bertz CT molecular complexity index is 540. The average Bonchev–Trinajstić information content (AvgIpc) is 2.34. The van der Waals surface area contributed by atoms with Crippen molar-refractivity contribution in [2.45, 2.75) is 19.8 Å². The third-order valence-corrected chi connectivity index (χ3v) is 4.82. The molecule has 0 aliphatic carbocycles. The SMILES string of the molecule is Cc1ccc(F)cc1NS(=O)(=O)CC1CCNCC1. The van der Waals surface area contributed by atoms with Gasteiger partial charge in [-0.05, 0) is 56.5 Å². The molecule has 1 aliphatic heterocycles. The molecule has 1 aromatic carbocycles. The highest BCUT2D eigenvalue weighted by Crippen LogP contribution is 2.20. The van der Waals surface area contributed by atoms with Crippen LogP contribution in [0.15, 0.2) is 18.2 Å². The van der Waals surface area contributed by atoms with Crippen LogP contribution in [-0.2, 0) is 10.0 Å². The van der Waals surface area contributed by atoms with E-state index in [2.05, 4.69) is 10.0 Å². The fourth-order valence-corrected chi connectivity index (χ4v) is 3.86. The minimum atomic E-state index is -3.42. The summed E-state index contributed by atoms with van der Waals surface area (Å²) in [4.78, 5) is 0. The molecule has 0 atom stereocenters. The van der Waals surface area contributed by atoms with Crippen LogP contribution in [0, 0.1) is 18.7 Å². The summed E-state index contributed by atoms with van der Waals surface area (Å²) in [6, 6.07) is 4.10. The van der Waals surface area contributed by atoms with Crippen molar-refractivity contribution in [1.82, 2.24) is 5.32 Å². The summed E-state index contributed by atoms with van der Waals surface area (Å²) in [5, 5.41) is 3.20. The van der Waals surface area contributed by atoms with Gasteiger partial charge in [0.05, 0.1) is 11.4 Å². The van der Waals surface area contributed by atoms with E-state index in [0.717, 1.165) is 31.5 Å². The maximum Gasteiger partial charge on any atom is 0.233 e. The number of nitrogens with one attached hydrogen (secondary N) is 2. The van der Waals surface area contributed by atoms with Crippen molar-refractivity contribution in [3.63, 3.8) is 0 Å². The predicted octanol–water partition coefficient (Wildman–Crippen LogP) is 1.88. The minimum Gasteiger partial charge on any atom is -0.317 e. The average molecular weight is 286 g/mol. The zero-order valence-electron chi connectivity index (χ0n) is 10.9. The Morgan fingerprint density at radius 2 is 2.05 bits per heavy atom. The topological polar surface area (TPSA) is 58.2 Å². The third kappa shape index (κ3) is 4.18. The molecule has 2 rings (SSSR count). The number of halogens is 1. The highest BCUT2D eigenvalue weighted by Gasteiger charge is 2.21. The maximum atomic E-state index is 13.1. The number of hydrogen-bond acceptors (Lipinski definition) is 3. The van der Waals surface area contributed by atoms with Gasteiger partial charge in [0.15, 0.2) is 0 Å². The Morgan fingerprint density at radius 3 is 2.74 bits per heavy atom. The van der Waals surface area contributed by atoms with Gasteiger partial charge in [-0.1, -0.05) is 6.07 Å². The van der Waals surface area contributed by atoms with Crippen molar-refractivity contribution >= 4 is 15.7 Å². The molecule has 0 amide bonds. The van der Waals surface area contributed by atoms with Crippen molar-refractivity contribution in [3.05, 3.63) is 29.6 Å². The summed E-state index contributed by atoms with van der Waals surface area (Å²) >= 11 is 0. The molecule has 106 valence electrons. The summed E-state index contributed by atoms with van der Waals surface area (Å²) in [5.74, 6) is -0.164. The first-order valence-electron chi connectivity index (χ1n) is 6.44. The second-order valence-electron chi connectivity index (χ2n) is 5.04. The second kappa shape index (κ2) is 5.88. The fraction of sp³-hybridized carbons (Fsp3) is 0.538. The van der Waals surface area contributed by atoms with Crippen LogP contribution in [0.25, 0.3) is 0 Å². The first-order chi connectivity index (χ1) is 8.96.